The van der Waals surface area contributed by atoms with E-state index in [4.69, 9.17) is 25.8 Å². The van der Waals surface area contributed by atoms with Crippen LogP contribution in [0.3, 0.4) is 0 Å². The number of esters is 1. The third-order valence-corrected chi connectivity index (χ3v) is 7.26. The maximum Gasteiger partial charge on any atom is 0.350 e. The first-order valence-electron chi connectivity index (χ1n) is 12.8. The maximum absolute atomic E-state index is 12.8. The van der Waals surface area contributed by atoms with Gasteiger partial charge in [0.05, 0.1) is 31.1 Å². The summed E-state index contributed by atoms with van der Waals surface area (Å²) in [5.74, 6) is -1.27. The lowest BCUT2D eigenvalue weighted by atomic mass is 10.0. The molecule has 210 valence electrons. The SMILES string of the molecule is CCOCCNC(=O)c1nc(N2CC[C@@H](NC(=O)c3nc(Cl)c(CC)[nH]3)[C@@H](OCC)C2)sc1C(=O)OCC. The van der Waals surface area contributed by atoms with E-state index in [0.717, 1.165) is 11.3 Å². The number of anilines is 1. The third-order valence-electron chi connectivity index (χ3n) is 5.85. The van der Waals surface area contributed by atoms with E-state index in [-0.39, 0.29) is 46.2 Å². The molecule has 1 saturated heterocycles. The smallest absolute Gasteiger partial charge is 0.350 e. The van der Waals surface area contributed by atoms with Gasteiger partial charge in [0.15, 0.2) is 21.8 Å². The second-order valence-corrected chi connectivity index (χ2v) is 9.70. The molecule has 2 amide bonds. The monoisotopic (exact) mass is 570 g/mol. The molecular formula is C24H35ClN6O6S. The van der Waals surface area contributed by atoms with Crippen molar-refractivity contribution in [2.75, 3.05) is 51.0 Å². The van der Waals surface area contributed by atoms with E-state index >= 15 is 0 Å². The zero-order valence-corrected chi connectivity index (χ0v) is 23.7. The first-order chi connectivity index (χ1) is 18.3. The number of aryl methyl sites for hydroxylation is 1. The van der Waals surface area contributed by atoms with Crippen LogP contribution in [0.1, 0.15) is 70.6 Å². The summed E-state index contributed by atoms with van der Waals surface area (Å²) >= 11 is 7.19. The number of H-pyrrole nitrogens is 1. The molecule has 3 heterocycles. The van der Waals surface area contributed by atoms with Gasteiger partial charge in [-0.3, -0.25) is 9.59 Å². The summed E-state index contributed by atoms with van der Waals surface area (Å²) in [5.41, 5.74) is 0.719. The largest absolute Gasteiger partial charge is 0.462 e. The molecule has 1 aliphatic rings. The van der Waals surface area contributed by atoms with Crippen molar-refractivity contribution in [3.8, 4) is 0 Å². The molecule has 1 aliphatic heterocycles. The van der Waals surface area contributed by atoms with Gasteiger partial charge in [0, 0.05) is 32.8 Å². The number of hydrogen-bond acceptors (Lipinski definition) is 10. The Hall–Kier alpha value is -2.74. The van der Waals surface area contributed by atoms with Crippen LogP contribution in [-0.4, -0.2) is 90.9 Å². The molecule has 12 nitrogen and oxygen atoms in total. The molecule has 3 rings (SSSR count). The number of carbonyl (C=O) groups excluding carboxylic acids is 3. The highest BCUT2D eigenvalue weighted by Crippen LogP contribution is 2.30. The Morgan fingerprint density at radius 1 is 1.13 bits per heavy atom. The van der Waals surface area contributed by atoms with Gasteiger partial charge in [-0.2, -0.15) is 0 Å². The highest BCUT2D eigenvalue weighted by atomic mass is 35.5. The first-order valence-corrected chi connectivity index (χ1v) is 14.0. The maximum atomic E-state index is 12.8. The second kappa shape index (κ2) is 14.4. The number of piperidine rings is 1. The van der Waals surface area contributed by atoms with Crippen LogP contribution in [0.5, 0.6) is 0 Å². The first kappa shape index (κ1) is 29.8. The van der Waals surface area contributed by atoms with Crippen LogP contribution in [0, 0.1) is 0 Å². The number of ether oxygens (including phenoxy) is 3. The summed E-state index contributed by atoms with van der Waals surface area (Å²) in [4.78, 5) is 51.9. The molecule has 0 unspecified atom stereocenters. The van der Waals surface area contributed by atoms with Gasteiger partial charge >= 0.3 is 5.97 Å². The van der Waals surface area contributed by atoms with Gasteiger partial charge in [0.1, 0.15) is 4.88 Å². The number of amides is 2. The summed E-state index contributed by atoms with van der Waals surface area (Å²) in [6, 6.07) is -0.279. The zero-order chi connectivity index (χ0) is 27.7. The number of aromatic nitrogens is 3. The van der Waals surface area contributed by atoms with E-state index < -0.39 is 11.9 Å². The zero-order valence-electron chi connectivity index (χ0n) is 22.1. The molecule has 0 spiro atoms. The molecule has 3 N–H and O–H groups in total. The van der Waals surface area contributed by atoms with E-state index in [1.54, 1.807) is 6.92 Å². The van der Waals surface area contributed by atoms with E-state index in [0.29, 0.717) is 63.1 Å². The number of halogens is 1. The van der Waals surface area contributed by atoms with Gasteiger partial charge in [0.2, 0.25) is 0 Å². The Kier molecular flexibility index (Phi) is 11.3. The normalized spacial score (nSPS) is 17.3. The van der Waals surface area contributed by atoms with Crippen LogP contribution in [-0.2, 0) is 20.6 Å². The molecule has 2 atom stereocenters. The lowest BCUT2D eigenvalue weighted by molar-refractivity contribution is 0.0271. The lowest BCUT2D eigenvalue weighted by Gasteiger charge is -2.38. The molecule has 38 heavy (non-hydrogen) atoms. The van der Waals surface area contributed by atoms with Crippen LogP contribution in [0.25, 0.3) is 0 Å². The predicted octanol–water partition coefficient (Wildman–Crippen LogP) is 2.44. The van der Waals surface area contributed by atoms with E-state index in [9.17, 15) is 14.4 Å². The molecule has 0 aromatic carbocycles. The van der Waals surface area contributed by atoms with Crippen molar-refractivity contribution in [1.82, 2.24) is 25.6 Å². The van der Waals surface area contributed by atoms with E-state index in [2.05, 4.69) is 25.6 Å². The number of carbonyl (C=O) groups is 3. The predicted molar refractivity (Wildman–Crippen MR) is 143 cm³/mol. The fourth-order valence-electron chi connectivity index (χ4n) is 4.00. The fourth-order valence-corrected chi connectivity index (χ4v) is 5.26. The van der Waals surface area contributed by atoms with Gasteiger partial charge in [-0.15, -0.1) is 0 Å². The molecule has 0 radical (unpaired) electrons. The van der Waals surface area contributed by atoms with Gasteiger partial charge in [-0.1, -0.05) is 29.9 Å². The number of thiazole rings is 1. The van der Waals surface area contributed by atoms with Crippen molar-refractivity contribution < 1.29 is 28.6 Å². The molecule has 14 heteroatoms. The number of imidazole rings is 1. The summed E-state index contributed by atoms with van der Waals surface area (Å²) in [6.07, 6.45) is 0.829. The summed E-state index contributed by atoms with van der Waals surface area (Å²) in [7, 11) is 0. The van der Waals surface area contributed by atoms with Crippen LogP contribution < -0.4 is 15.5 Å². The van der Waals surface area contributed by atoms with Crippen molar-refractivity contribution in [2.24, 2.45) is 0 Å². The Labute approximate surface area is 230 Å². The van der Waals surface area contributed by atoms with Gasteiger partial charge in [0.25, 0.3) is 11.8 Å². The fraction of sp³-hybridized carbons (Fsp3) is 0.625. The van der Waals surface area contributed by atoms with Crippen LogP contribution in [0.2, 0.25) is 5.15 Å². The Morgan fingerprint density at radius 2 is 1.92 bits per heavy atom. The number of nitrogens with zero attached hydrogens (tertiary/aromatic N) is 3. The summed E-state index contributed by atoms with van der Waals surface area (Å²) < 4.78 is 16.4. The Morgan fingerprint density at radius 3 is 2.58 bits per heavy atom. The highest BCUT2D eigenvalue weighted by molar-refractivity contribution is 7.17. The number of nitrogens with one attached hydrogen (secondary N) is 3. The van der Waals surface area contributed by atoms with Crippen LogP contribution >= 0.6 is 22.9 Å². The third kappa shape index (κ3) is 7.43. The second-order valence-electron chi connectivity index (χ2n) is 8.36. The molecule has 1 fully saturated rings. The van der Waals surface area contributed by atoms with E-state index in [1.165, 1.54) is 0 Å². The topological polar surface area (TPSA) is 148 Å². The van der Waals surface area contributed by atoms with E-state index in [1.807, 2.05) is 25.7 Å². The van der Waals surface area contributed by atoms with Crippen molar-refractivity contribution in [3.05, 3.63) is 27.2 Å². The number of rotatable bonds is 13. The number of hydrogen-bond donors (Lipinski definition) is 3. The van der Waals surface area contributed by atoms with Gasteiger partial charge in [-0.05, 0) is 33.6 Å². The lowest BCUT2D eigenvalue weighted by Crippen LogP contribution is -2.55. The van der Waals surface area contributed by atoms with Crippen molar-refractivity contribution in [3.63, 3.8) is 0 Å². The van der Waals surface area contributed by atoms with Crippen LogP contribution in [0.4, 0.5) is 5.13 Å². The molecule has 2 aromatic heterocycles. The van der Waals surface area contributed by atoms with Crippen molar-refractivity contribution >= 4 is 45.9 Å². The average Bonchev–Trinajstić information content (AvgIpc) is 3.52. The minimum Gasteiger partial charge on any atom is -0.462 e. The molecule has 0 aliphatic carbocycles. The number of aromatic amines is 1. The van der Waals surface area contributed by atoms with Gasteiger partial charge < -0.3 is 34.7 Å². The minimum absolute atomic E-state index is 0.0183. The molecular weight excluding hydrogens is 536 g/mol. The average molecular weight is 571 g/mol. The molecule has 0 bridgehead atoms. The standard InChI is InChI=1S/C24H35ClN6O6S/c1-5-14-19(25)30-20(27-14)22(33)28-15-9-11-31(13-16(15)36-7-3)24-29-17(18(38-24)23(34)37-8-4)21(32)26-10-12-35-6-2/h15-16H,5-13H2,1-4H3,(H,26,32)(H,27,30)(H,28,33)/t15-,16+/m1/s1. The minimum atomic E-state index is -0.599. The molecule has 2 aromatic rings. The Bertz CT molecular complexity index is 1110. The molecule has 0 saturated carbocycles. The van der Waals surface area contributed by atoms with Crippen molar-refractivity contribution in [1.29, 1.82) is 0 Å². The highest BCUT2D eigenvalue weighted by Gasteiger charge is 2.35. The quantitative estimate of drug-likeness (QED) is 0.244. The van der Waals surface area contributed by atoms with Gasteiger partial charge in [-0.25, -0.2) is 14.8 Å². The summed E-state index contributed by atoms with van der Waals surface area (Å²) in [6.45, 7) is 10.1. The van der Waals surface area contributed by atoms with Crippen LogP contribution in [0.15, 0.2) is 0 Å². The Balaban J connectivity index is 1.75. The van der Waals surface area contributed by atoms with Crippen molar-refractivity contribution in [2.45, 2.75) is 52.7 Å². The summed E-state index contributed by atoms with van der Waals surface area (Å²) in [5, 5.41) is 6.52.